The molecule has 0 bridgehead atoms. The second-order valence-electron chi connectivity index (χ2n) is 10.0. The van der Waals surface area contributed by atoms with Crippen molar-refractivity contribution in [2.45, 2.75) is 26.1 Å². The molecule has 0 amide bonds. The number of ether oxygens (including phenoxy) is 2. The van der Waals surface area contributed by atoms with Gasteiger partial charge in [0.25, 0.3) is 5.76 Å². The minimum absolute atomic E-state index is 0.00960. The molecular formula is C31H28F4N2O6. The quantitative estimate of drug-likeness (QED) is 0.185. The molecule has 0 unspecified atom stereocenters. The fourth-order valence-electron chi connectivity index (χ4n) is 4.85. The number of halogens is 4. The van der Waals surface area contributed by atoms with Gasteiger partial charge in [-0.2, -0.15) is 13.2 Å². The van der Waals surface area contributed by atoms with Crippen molar-refractivity contribution in [3.63, 3.8) is 0 Å². The molecule has 12 heteroatoms. The molecule has 1 N–H and O–H groups in total. The summed E-state index contributed by atoms with van der Waals surface area (Å²) in [6.07, 6.45) is -4.49. The van der Waals surface area contributed by atoms with Crippen LogP contribution >= 0.6 is 0 Å². The lowest BCUT2D eigenvalue weighted by atomic mass is 10.1. The summed E-state index contributed by atoms with van der Waals surface area (Å²) < 4.78 is 72.5. The summed E-state index contributed by atoms with van der Waals surface area (Å²) in [5.74, 6) is -4.15. The van der Waals surface area contributed by atoms with Gasteiger partial charge in [0.2, 0.25) is 11.2 Å². The number of phenolic OH excluding ortho intramolecular Hbond substituents is 1. The molecule has 1 aliphatic rings. The molecule has 1 aromatic heterocycles. The molecule has 1 fully saturated rings. The van der Waals surface area contributed by atoms with E-state index >= 15 is 0 Å². The van der Waals surface area contributed by atoms with Crippen LogP contribution in [0.5, 0.6) is 17.2 Å². The smallest absolute Gasteiger partial charge is 0.453 e. The van der Waals surface area contributed by atoms with Gasteiger partial charge in [0.1, 0.15) is 22.9 Å². The third-order valence-corrected chi connectivity index (χ3v) is 7.05. The molecule has 0 aliphatic carbocycles. The Kier molecular flexibility index (Phi) is 8.58. The van der Waals surface area contributed by atoms with Crippen LogP contribution in [-0.4, -0.2) is 48.8 Å². The van der Waals surface area contributed by atoms with E-state index in [4.69, 9.17) is 13.9 Å². The van der Waals surface area contributed by atoms with Gasteiger partial charge in [-0.1, -0.05) is 19.1 Å². The predicted molar refractivity (Wildman–Crippen MR) is 150 cm³/mol. The van der Waals surface area contributed by atoms with E-state index in [9.17, 15) is 32.3 Å². The molecule has 43 heavy (non-hydrogen) atoms. The topological polar surface area (TPSA) is 92.5 Å². The zero-order valence-corrected chi connectivity index (χ0v) is 23.1. The number of aromatic hydroxyl groups is 1. The first kappa shape index (κ1) is 29.9. The van der Waals surface area contributed by atoms with Gasteiger partial charge in [-0.3, -0.25) is 9.69 Å². The highest BCUT2D eigenvalue weighted by Gasteiger charge is 2.41. The Morgan fingerprint density at radius 2 is 1.70 bits per heavy atom. The maximum Gasteiger partial charge on any atom is 0.453 e. The molecule has 0 radical (unpaired) electrons. The van der Waals surface area contributed by atoms with E-state index in [1.165, 1.54) is 42.5 Å². The van der Waals surface area contributed by atoms with Crippen LogP contribution in [0.3, 0.4) is 0 Å². The van der Waals surface area contributed by atoms with Gasteiger partial charge < -0.3 is 23.9 Å². The van der Waals surface area contributed by atoms with Crippen LogP contribution in [0.4, 0.5) is 23.2 Å². The second kappa shape index (κ2) is 12.3. The van der Waals surface area contributed by atoms with E-state index < -0.39 is 34.7 Å². The molecule has 0 spiro atoms. The van der Waals surface area contributed by atoms with Crippen LogP contribution in [0.1, 0.15) is 35.0 Å². The third kappa shape index (κ3) is 6.43. The number of carbonyl (C=O) groups excluding carboxylic acids is 1. The van der Waals surface area contributed by atoms with Crippen LogP contribution in [0.15, 0.2) is 69.9 Å². The number of alkyl halides is 3. The molecule has 2 heterocycles. The highest BCUT2D eigenvalue weighted by Crippen LogP contribution is 2.40. The number of hydrogen-bond acceptors (Lipinski definition) is 8. The van der Waals surface area contributed by atoms with Gasteiger partial charge in [-0.15, -0.1) is 0 Å². The number of para-hydroxylation sites is 1. The van der Waals surface area contributed by atoms with Crippen molar-refractivity contribution in [1.82, 2.24) is 4.90 Å². The number of hydrogen-bond donors (Lipinski definition) is 1. The lowest BCUT2D eigenvalue weighted by Crippen LogP contribution is -2.46. The zero-order chi connectivity index (χ0) is 30.7. The van der Waals surface area contributed by atoms with E-state index in [1.807, 2.05) is 16.7 Å². The van der Waals surface area contributed by atoms with Gasteiger partial charge in [0.05, 0.1) is 28.8 Å². The van der Waals surface area contributed by atoms with Gasteiger partial charge in [-0.25, -0.2) is 9.18 Å². The Morgan fingerprint density at radius 3 is 2.35 bits per heavy atom. The first-order valence-electron chi connectivity index (χ1n) is 13.6. The Labute approximate surface area is 243 Å². The van der Waals surface area contributed by atoms with E-state index in [0.717, 1.165) is 0 Å². The van der Waals surface area contributed by atoms with Crippen LogP contribution in [0.25, 0.3) is 11.0 Å². The minimum atomic E-state index is -5.11. The summed E-state index contributed by atoms with van der Waals surface area (Å²) in [5.41, 5.74) is -0.853. The Bertz CT molecular complexity index is 1680. The van der Waals surface area contributed by atoms with Crippen molar-refractivity contribution in [2.24, 2.45) is 0 Å². The minimum Gasteiger partial charge on any atom is -0.507 e. The monoisotopic (exact) mass is 600 g/mol. The number of anilines is 1. The summed E-state index contributed by atoms with van der Waals surface area (Å²) in [6, 6.07) is 13.9. The van der Waals surface area contributed by atoms with Gasteiger partial charge in [0.15, 0.2) is 0 Å². The van der Waals surface area contributed by atoms with E-state index in [0.29, 0.717) is 38.3 Å². The number of phenols is 1. The average Bonchev–Trinajstić information content (AvgIpc) is 2.99. The SMILES string of the molecule is CCCOC(=O)c1ccc(Oc2c(C(F)(F)F)oc3c(CN4CCN(c5ccccc5F)CC4)c(O)ccc3c2=O)cc1. The number of benzene rings is 3. The van der Waals surface area contributed by atoms with Crippen molar-refractivity contribution in [3.05, 3.63) is 93.6 Å². The number of esters is 1. The normalized spacial score (nSPS) is 14.2. The van der Waals surface area contributed by atoms with Gasteiger partial charge in [0, 0.05) is 32.7 Å². The summed E-state index contributed by atoms with van der Waals surface area (Å²) in [7, 11) is 0. The summed E-state index contributed by atoms with van der Waals surface area (Å²) in [4.78, 5) is 29.2. The van der Waals surface area contributed by atoms with Crippen molar-refractivity contribution in [1.29, 1.82) is 0 Å². The third-order valence-electron chi connectivity index (χ3n) is 7.05. The van der Waals surface area contributed by atoms with Crippen molar-refractivity contribution < 1.29 is 41.4 Å². The van der Waals surface area contributed by atoms with Crippen molar-refractivity contribution >= 4 is 22.6 Å². The molecule has 1 aliphatic heterocycles. The maximum absolute atomic E-state index is 14.2. The standard InChI is InChI=1S/C31H28F4N2O6/c1-2-17-41-30(40)19-7-9-20(10-8-19)42-28-26(39)21-11-12-25(38)22(27(21)43-29(28)31(33,34)35)18-36-13-15-37(16-14-36)24-6-4-3-5-23(24)32/h3-12,38H,2,13-18H2,1H3. The lowest BCUT2D eigenvalue weighted by molar-refractivity contribution is -0.154. The van der Waals surface area contributed by atoms with Crippen LogP contribution in [0.2, 0.25) is 0 Å². The first-order chi connectivity index (χ1) is 20.6. The zero-order valence-electron chi connectivity index (χ0n) is 23.1. The fraction of sp³-hybridized carbons (Fsp3) is 0.290. The number of carbonyl (C=O) groups is 1. The molecule has 226 valence electrons. The Morgan fingerprint density at radius 1 is 1.00 bits per heavy atom. The average molecular weight is 601 g/mol. The molecule has 1 saturated heterocycles. The van der Waals surface area contributed by atoms with Crippen LogP contribution in [-0.2, 0) is 17.5 Å². The first-order valence-corrected chi connectivity index (χ1v) is 13.6. The van der Waals surface area contributed by atoms with Crippen LogP contribution < -0.4 is 15.1 Å². The molecular weight excluding hydrogens is 572 g/mol. The molecule has 3 aromatic carbocycles. The predicted octanol–water partition coefficient (Wildman–Crippen LogP) is 6.34. The molecule has 4 aromatic rings. The molecule has 8 nitrogen and oxygen atoms in total. The molecule has 0 saturated carbocycles. The molecule has 0 atom stereocenters. The van der Waals surface area contributed by atoms with Gasteiger partial charge >= 0.3 is 12.1 Å². The van der Waals surface area contributed by atoms with E-state index in [2.05, 4.69) is 0 Å². The Balaban J connectivity index is 1.43. The largest absolute Gasteiger partial charge is 0.507 e. The Hall–Kier alpha value is -4.58. The van der Waals surface area contributed by atoms with Gasteiger partial charge in [-0.05, 0) is 55.0 Å². The fourth-order valence-corrected chi connectivity index (χ4v) is 4.85. The van der Waals surface area contributed by atoms with E-state index in [1.54, 1.807) is 18.2 Å². The summed E-state index contributed by atoms with van der Waals surface area (Å²) in [6.45, 7) is 3.76. The summed E-state index contributed by atoms with van der Waals surface area (Å²) >= 11 is 0. The number of fused-ring (bicyclic) bond motifs is 1. The summed E-state index contributed by atoms with van der Waals surface area (Å²) in [5, 5.41) is 10.4. The van der Waals surface area contributed by atoms with Crippen LogP contribution in [0, 0.1) is 5.82 Å². The highest BCUT2D eigenvalue weighted by atomic mass is 19.4. The number of nitrogens with zero attached hydrogens (tertiary/aromatic N) is 2. The van der Waals surface area contributed by atoms with E-state index in [-0.39, 0.29) is 47.0 Å². The highest BCUT2D eigenvalue weighted by molar-refractivity contribution is 5.89. The maximum atomic E-state index is 14.2. The number of piperazine rings is 1. The van der Waals surface area contributed by atoms with Crippen molar-refractivity contribution in [2.75, 3.05) is 37.7 Å². The second-order valence-corrected chi connectivity index (χ2v) is 10.0. The molecule has 5 rings (SSSR count). The lowest BCUT2D eigenvalue weighted by Gasteiger charge is -2.36. The number of rotatable bonds is 8. The van der Waals surface area contributed by atoms with Crippen molar-refractivity contribution in [3.8, 4) is 17.2 Å².